The van der Waals surface area contributed by atoms with Crippen LogP contribution in [-0.4, -0.2) is 25.5 Å². The van der Waals surface area contributed by atoms with Gasteiger partial charge in [0.1, 0.15) is 0 Å². The number of piperidine rings is 1. The number of nitrogens with one attached hydrogen (secondary N) is 1. The van der Waals surface area contributed by atoms with Crippen molar-refractivity contribution in [3.05, 3.63) is 35.4 Å². The van der Waals surface area contributed by atoms with Crippen molar-refractivity contribution in [1.82, 2.24) is 5.32 Å². The summed E-state index contributed by atoms with van der Waals surface area (Å²) in [6.45, 7) is 0.763. The predicted octanol–water partition coefficient (Wildman–Crippen LogP) is 3.70. The Labute approximate surface area is 129 Å². The van der Waals surface area contributed by atoms with Gasteiger partial charge in [0.15, 0.2) is 0 Å². The molecule has 1 aliphatic heterocycles. The zero-order chi connectivity index (χ0) is 15.8. The lowest BCUT2D eigenvalue weighted by molar-refractivity contribution is -0.00992. The maximum Gasteiger partial charge on any atom is 0.337 e. The lowest BCUT2D eigenvalue weighted by Crippen LogP contribution is -2.38. The molecule has 0 bridgehead atoms. The van der Waals surface area contributed by atoms with Gasteiger partial charge in [-0.05, 0) is 48.9 Å². The molecule has 1 saturated carbocycles. The van der Waals surface area contributed by atoms with Crippen LogP contribution >= 0.6 is 0 Å². The quantitative estimate of drug-likeness (QED) is 0.847. The summed E-state index contributed by atoms with van der Waals surface area (Å²) in [4.78, 5) is 11.5. The monoisotopic (exact) mass is 309 g/mol. The molecule has 2 aliphatic rings. The molecule has 0 amide bonds. The minimum atomic E-state index is -2.50. The topological polar surface area (TPSA) is 38.3 Å². The Bertz CT molecular complexity index is 558. The first kappa shape index (κ1) is 15.4. The van der Waals surface area contributed by atoms with E-state index >= 15 is 0 Å². The van der Waals surface area contributed by atoms with Gasteiger partial charge in [0.25, 0.3) is 0 Å². The van der Waals surface area contributed by atoms with Crippen LogP contribution in [0.2, 0.25) is 0 Å². The van der Waals surface area contributed by atoms with Gasteiger partial charge in [0.05, 0.1) is 12.7 Å². The van der Waals surface area contributed by atoms with Gasteiger partial charge < -0.3 is 10.1 Å². The highest BCUT2D eigenvalue weighted by atomic mass is 19.3. The normalized spacial score (nSPS) is 30.4. The van der Waals surface area contributed by atoms with E-state index in [1.165, 1.54) is 7.11 Å². The number of benzene rings is 1. The molecule has 0 aromatic heterocycles. The van der Waals surface area contributed by atoms with Crippen molar-refractivity contribution in [2.24, 2.45) is 5.41 Å². The van der Waals surface area contributed by atoms with Crippen LogP contribution in [0.5, 0.6) is 0 Å². The maximum absolute atomic E-state index is 13.6. The van der Waals surface area contributed by atoms with E-state index in [0.29, 0.717) is 12.0 Å². The standard InChI is InChI=1S/C17H21F2NO2/c1-22-15(21)13-4-2-12(3-5-13)14-10-16(8-9-20-14)6-7-17(18,19)11-16/h2-5,14,20H,6-11H2,1H3. The van der Waals surface area contributed by atoms with Gasteiger partial charge in [-0.1, -0.05) is 12.1 Å². The third kappa shape index (κ3) is 3.00. The number of ether oxygens (including phenoxy) is 1. The fraction of sp³-hybridized carbons (Fsp3) is 0.588. The summed E-state index contributed by atoms with van der Waals surface area (Å²) >= 11 is 0. The Kier molecular flexibility index (Phi) is 3.93. The zero-order valence-electron chi connectivity index (χ0n) is 12.7. The molecule has 2 fully saturated rings. The fourth-order valence-corrected chi connectivity index (χ4v) is 3.88. The molecular formula is C17H21F2NO2. The SMILES string of the molecule is COC(=O)c1ccc(C2CC3(CCN2)CCC(F)(F)C3)cc1. The number of alkyl halides is 2. The highest BCUT2D eigenvalue weighted by molar-refractivity contribution is 5.89. The van der Waals surface area contributed by atoms with Gasteiger partial charge >= 0.3 is 5.97 Å². The summed E-state index contributed by atoms with van der Waals surface area (Å²) < 4.78 is 31.9. The van der Waals surface area contributed by atoms with Crippen molar-refractivity contribution >= 4 is 5.97 Å². The highest BCUT2D eigenvalue weighted by Crippen LogP contribution is 2.54. The minimum Gasteiger partial charge on any atom is -0.465 e. The number of carbonyl (C=O) groups excluding carboxylic acids is 1. The second kappa shape index (κ2) is 5.61. The van der Waals surface area contributed by atoms with Crippen molar-refractivity contribution in [3.63, 3.8) is 0 Å². The van der Waals surface area contributed by atoms with Crippen molar-refractivity contribution in [3.8, 4) is 0 Å². The van der Waals surface area contributed by atoms with Crippen LogP contribution in [0.1, 0.15) is 54.1 Å². The van der Waals surface area contributed by atoms with Crippen LogP contribution in [0.25, 0.3) is 0 Å². The van der Waals surface area contributed by atoms with E-state index in [2.05, 4.69) is 10.1 Å². The van der Waals surface area contributed by atoms with Crippen LogP contribution in [0, 0.1) is 5.41 Å². The largest absolute Gasteiger partial charge is 0.465 e. The number of rotatable bonds is 2. The molecule has 5 heteroatoms. The van der Waals surface area contributed by atoms with Crippen LogP contribution in [0.4, 0.5) is 8.78 Å². The summed E-state index contributed by atoms with van der Waals surface area (Å²) in [5.41, 5.74) is 1.31. The minimum absolute atomic E-state index is 0.0123. The second-order valence-corrected chi connectivity index (χ2v) is 6.61. The summed E-state index contributed by atoms with van der Waals surface area (Å²) in [6, 6.07) is 7.31. The average molecular weight is 309 g/mol. The summed E-state index contributed by atoms with van der Waals surface area (Å²) in [6.07, 6.45) is 2.19. The molecule has 1 aromatic carbocycles. The Morgan fingerprint density at radius 1 is 1.23 bits per heavy atom. The molecule has 1 spiro atoms. The number of carbonyl (C=O) groups is 1. The van der Waals surface area contributed by atoms with Crippen LogP contribution in [0.15, 0.2) is 24.3 Å². The lowest BCUT2D eigenvalue weighted by Gasteiger charge is -2.39. The van der Waals surface area contributed by atoms with E-state index in [1.54, 1.807) is 12.1 Å². The van der Waals surface area contributed by atoms with Crippen LogP contribution in [0.3, 0.4) is 0 Å². The third-order valence-corrected chi connectivity index (χ3v) is 5.07. The Morgan fingerprint density at radius 2 is 1.95 bits per heavy atom. The van der Waals surface area contributed by atoms with E-state index in [4.69, 9.17) is 0 Å². The van der Waals surface area contributed by atoms with E-state index < -0.39 is 5.92 Å². The molecule has 0 radical (unpaired) electrons. The first-order valence-electron chi connectivity index (χ1n) is 7.73. The van der Waals surface area contributed by atoms with Gasteiger partial charge in [-0.2, -0.15) is 0 Å². The van der Waals surface area contributed by atoms with Crippen LogP contribution in [-0.2, 0) is 4.74 Å². The van der Waals surface area contributed by atoms with Crippen molar-refractivity contribution < 1.29 is 18.3 Å². The molecule has 2 unspecified atom stereocenters. The van der Waals surface area contributed by atoms with E-state index in [1.807, 2.05) is 12.1 Å². The Morgan fingerprint density at radius 3 is 2.55 bits per heavy atom. The van der Waals surface area contributed by atoms with E-state index in [-0.39, 0.29) is 30.3 Å². The third-order valence-electron chi connectivity index (χ3n) is 5.07. The van der Waals surface area contributed by atoms with E-state index in [0.717, 1.165) is 24.9 Å². The number of esters is 1. The molecule has 3 rings (SSSR count). The molecule has 2 atom stereocenters. The molecule has 1 N–H and O–H groups in total. The molecule has 1 aromatic rings. The Hall–Kier alpha value is -1.49. The van der Waals surface area contributed by atoms with Crippen LogP contribution < -0.4 is 5.32 Å². The van der Waals surface area contributed by atoms with Crippen molar-refractivity contribution in [1.29, 1.82) is 0 Å². The first-order valence-corrected chi connectivity index (χ1v) is 7.73. The molecular weight excluding hydrogens is 288 g/mol. The van der Waals surface area contributed by atoms with Crippen molar-refractivity contribution in [2.75, 3.05) is 13.7 Å². The molecule has 1 heterocycles. The summed E-state index contributed by atoms with van der Waals surface area (Å²) in [5.74, 6) is -2.87. The molecule has 3 nitrogen and oxygen atoms in total. The summed E-state index contributed by atoms with van der Waals surface area (Å²) in [5, 5.41) is 3.42. The first-order chi connectivity index (χ1) is 10.4. The molecule has 1 saturated heterocycles. The highest BCUT2D eigenvalue weighted by Gasteiger charge is 2.50. The summed E-state index contributed by atoms with van der Waals surface area (Å²) in [7, 11) is 1.35. The zero-order valence-corrected chi connectivity index (χ0v) is 12.7. The number of hydrogen-bond acceptors (Lipinski definition) is 3. The molecule has 120 valence electrons. The van der Waals surface area contributed by atoms with Gasteiger partial charge in [0, 0.05) is 18.9 Å². The van der Waals surface area contributed by atoms with Crippen molar-refractivity contribution in [2.45, 2.75) is 44.1 Å². The smallest absolute Gasteiger partial charge is 0.337 e. The molecule has 1 aliphatic carbocycles. The number of hydrogen-bond donors (Lipinski definition) is 1. The van der Waals surface area contributed by atoms with E-state index in [9.17, 15) is 13.6 Å². The molecule has 22 heavy (non-hydrogen) atoms. The van der Waals surface area contributed by atoms with Gasteiger partial charge in [-0.25, -0.2) is 13.6 Å². The maximum atomic E-state index is 13.6. The Balaban J connectivity index is 1.74. The predicted molar refractivity (Wildman–Crippen MR) is 79.0 cm³/mol. The number of halogens is 2. The number of methoxy groups -OCH3 is 1. The van der Waals surface area contributed by atoms with Gasteiger partial charge in [0.2, 0.25) is 5.92 Å². The second-order valence-electron chi connectivity index (χ2n) is 6.61. The average Bonchev–Trinajstić information content (AvgIpc) is 2.81. The van der Waals surface area contributed by atoms with Gasteiger partial charge in [-0.15, -0.1) is 0 Å². The van der Waals surface area contributed by atoms with Gasteiger partial charge in [-0.3, -0.25) is 0 Å². The fourth-order valence-electron chi connectivity index (χ4n) is 3.88. The lowest BCUT2D eigenvalue weighted by atomic mass is 9.73.